The molecule has 1 aromatic heterocycles. The molecule has 2 aromatic rings. The number of nitrogens with two attached hydrogens (primary N) is 1. The average molecular weight is 169 g/mol. The van der Waals surface area contributed by atoms with Crippen molar-refractivity contribution in [3.05, 3.63) is 29.8 Å². The second-order valence-electron chi connectivity index (χ2n) is 2.45. The first-order valence-corrected chi connectivity index (χ1v) is 3.31. The van der Waals surface area contributed by atoms with Gasteiger partial charge >= 0.3 is 0 Å². The quantitative estimate of drug-likeness (QED) is 0.657. The fraction of sp³-hybridized carbons (Fsp3) is 0. The zero-order chi connectivity index (χ0) is 8.72. The Bertz CT molecular complexity index is 397. The van der Waals surface area contributed by atoms with Crippen LogP contribution in [-0.2, 0) is 0 Å². The van der Waals surface area contributed by atoms with Gasteiger partial charge in [0.1, 0.15) is 5.58 Å². The number of hydrogen-bond donors (Lipinski definition) is 1. The van der Waals surface area contributed by atoms with Crippen LogP contribution in [0, 0.1) is 11.6 Å². The Kier molecular flexibility index (Phi) is 1.30. The van der Waals surface area contributed by atoms with E-state index in [0.717, 1.165) is 12.1 Å². The van der Waals surface area contributed by atoms with Gasteiger partial charge in [-0.3, -0.25) is 0 Å². The molecule has 0 aliphatic heterocycles. The minimum atomic E-state index is -0.933. The van der Waals surface area contributed by atoms with Gasteiger partial charge in [0.05, 0.1) is 0 Å². The van der Waals surface area contributed by atoms with Crippen LogP contribution in [0.1, 0.15) is 0 Å². The molecule has 2 N–H and O–H groups in total. The summed E-state index contributed by atoms with van der Waals surface area (Å²) >= 11 is 0. The Labute approximate surface area is 66.6 Å². The summed E-state index contributed by atoms with van der Waals surface area (Å²) in [4.78, 5) is 0. The van der Waals surface area contributed by atoms with Crippen LogP contribution in [-0.4, -0.2) is 0 Å². The number of anilines is 1. The molecule has 2 nitrogen and oxygen atoms in total. The van der Waals surface area contributed by atoms with Crippen molar-refractivity contribution in [2.75, 3.05) is 5.73 Å². The monoisotopic (exact) mass is 169 g/mol. The lowest BCUT2D eigenvalue weighted by molar-refractivity contribution is 0.508. The molecule has 0 aliphatic rings. The highest BCUT2D eigenvalue weighted by molar-refractivity contribution is 5.80. The van der Waals surface area contributed by atoms with Gasteiger partial charge < -0.3 is 10.2 Å². The molecule has 4 heteroatoms. The molecule has 0 atom stereocenters. The molecule has 0 unspecified atom stereocenters. The Hall–Kier alpha value is -1.58. The zero-order valence-corrected chi connectivity index (χ0v) is 5.97. The molecule has 0 radical (unpaired) electrons. The van der Waals surface area contributed by atoms with Crippen molar-refractivity contribution in [1.29, 1.82) is 0 Å². The van der Waals surface area contributed by atoms with Gasteiger partial charge in [0.2, 0.25) is 0 Å². The highest BCUT2D eigenvalue weighted by atomic mass is 19.2. The molecule has 0 saturated heterocycles. The molecule has 1 aromatic carbocycles. The summed E-state index contributed by atoms with van der Waals surface area (Å²) in [5.41, 5.74) is 5.54. The second kappa shape index (κ2) is 2.20. The Balaban J connectivity index is 2.83. The van der Waals surface area contributed by atoms with Gasteiger partial charge in [-0.15, -0.1) is 0 Å². The van der Waals surface area contributed by atoms with E-state index in [1.807, 2.05) is 0 Å². The van der Waals surface area contributed by atoms with Gasteiger partial charge in [-0.25, -0.2) is 8.78 Å². The van der Waals surface area contributed by atoms with E-state index in [9.17, 15) is 8.78 Å². The van der Waals surface area contributed by atoms with Crippen molar-refractivity contribution < 1.29 is 13.2 Å². The molecular weight excluding hydrogens is 164 g/mol. The first kappa shape index (κ1) is 7.09. The van der Waals surface area contributed by atoms with Crippen LogP contribution in [0.5, 0.6) is 0 Å². The number of furan rings is 1. The van der Waals surface area contributed by atoms with E-state index in [1.54, 1.807) is 0 Å². The topological polar surface area (TPSA) is 39.2 Å². The van der Waals surface area contributed by atoms with Crippen LogP contribution in [0.2, 0.25) is 0 Å². The van der Waals surface area contributed by atoms with Crippen molar-refractivity contribution in [3.63, 3.8) is 0 Å². The summed E-state index contributed by atoms with van der Waals surface area (Å²) in [7, 11) is 0. The van der Waals surface area contributed by atoms with Crippen molar-refractivity contribution in [2.24, 2.45) is 0 Å². The maximum Gasteiger partial charge on any atom is 0.191 e. The number of benzene rings is 1. The molecular formula is C8H5F2NO. The summed E-state index contributed by atoms with van der Waals surface area (Å²) in [6.07, 6.45) is 0. The van der Waals surface area contributed by atoms with E-state index in [4.69, 9.17) is 10.2 Å². The predicted molar refractivity (Wildman–Crippen MR) is 40.5 cm³/mol. The summed E-state index contributed by atoms with van der Waals surface area (Å²) in [5.74, 6) is -1.69. The van der Waals surface area contributed by atoms with Crippen LogP contribution in [0.15, 0.2) is 22.6 Å². The van der Waals surface area contributed by atoms with Crippen LogP contribution < -0.4 is 5.73 Å². The summed E-state index contributed by atoms with van der Waals surface area (Å²) in [6, 6.07) is 3.46. The molecule has 2 rings (SSSR count). The van der Waals surface area contributed by atoms with E-state index in [2.05, 4.69) is 0 Å². The maximum absolute atomic E-state index is 12.6. The van der Waals surface area contributed by atoms with E-state index >= 15 is 0 Å². The third-order valence-electron chi connectivity index (χ3n) is 1.58. The fourth-order valence-electron chi connectivity index (χ4n) is 1.05. The molecule has 0 amide bonds. The van der Waals surface area contributed by atoms with E-state index < -0.39 is 11.6 Å². The first-order valence-electron chi connectivity index (χ1n) is 3.31. The van der Waals surface area contributed by atoms with E-state index in [1.165, 1.54) is 6.07 Å². The van der Waals surface area contributed by atoms with E-state index in [0.29, 0.717) is 5.39 Å². The van der Waals surface area contributed by atoms with Crippen LogP contribution in [0.3, 0.4) is 0 Å². The van der Waals surface area contributed by atoms with Gasteiger partial charge in [-0.1, -0.05) is 0 Å². The summed E-state index contributed by atoms with van der Waals surface area (Å²) in [6.45, 7) is 0. The highest BCUT2D eigenvalue weighted by Crippen LogP contribution is 2.23. The standard InChI is InChI=1S/C8H5F2NO/c9-5-1-4-2-8(11)12-7(4)3-6(5)10/h1-3H,11H2. The van der Waals surface area contributed by atoms with Crippen molar-refractivity contribution >= 4 is 16.9 Å². The van der Waals surface area contributed by atoms with E-state index in [-0.39, 0.29) is 11.5 Å². The highest BCUT2D eigenvalue weighted by Gasteiger charge is 2.07. The number of fused-ring (bicyclic) bond motifs is 1. The number of hydrogen-bond acceptors (Lipinski definition) is 2. The average Bonchev–Trinajstić information content (AvgIpc) is 2.30. The Morgan fingerprint density at radius 1 is 1.08 bits per heavy atom. The third kappa shape index (κ3) is 0.922. The van der Waals surface area contributed by atoms with Gasteiger partial charge in [0.15, 0.2) is 17.5 Å². The van der Waals surface area contributed by atoms with Gasteiger partial charge in [-0.05, 0) is 6.07 Å². The van der Waals surface area contributed by atoms with Crippen molar-refractivity contribution in [3.8, 4) is 0 Å². The zero-order valence-electron chi connectivity index (χ0n) is 5.97. The lowest BCUT2D eigenvalue weighted by Gasteiger charge is -1.90. The van der Waals surface area contributed by atoms with Crippen LogP contribution >= 0.6 is 0 Å². The van der Waals surface area contributed by atoms with Crippen molar-refractivity contribution in [1.82, 2.24) is 0 Å². The Morgan fingerprint density at radius 3 is 2.50 bits per heavy atom. The Morgan fingerprint density at radius 2 is 1.75 bits per heavy atom. The third-order valence-corrected chi connectivity index (χ3v) is 1.58. The SMILES string of the molecule is Nc1cc2cc(F)c(F)cc2o1. The number of nitrogen functional groups attached to an aromatic ring is 1. The van der Waals surface area contributed by atoms with Gasteiger partial charge in [0, 0.05) is 17.5 Å². The minimum absolute atomic E-state index is 0.148. The summed E-state index contributed by atoms with van der Waals surface area (Å²) in [5, 5.41) is 0.464. The van der Waals surface area contributed by atoms with Crippen LogP contribution in [0.25, 0.3) is 11.0 Å². The molecule has 0 saturated carbocycles. The predicted octanol–water partition coefficient (Wildman–Crippen LogP) is 2.29. The molecule has 62 valence electrons. The summed E-state index contributed by atoms with van der Waals surface area (Å²) < 4.78 is 30.1. The molecule has 12 heavy (non-hydrogen) atoms. The smallest absolute Gasteiger partial charge is 0.191 e. The van der Waals surface area contributed by atoms with Gasteiger partial charge in [0.25, 0.3) is 0 Å². The molecule has 0 spiro atoms. The molecule has 1 heterocycles. The minimum Gasteiger partial charge on any atom is -0.441 e. The molecule has 0 fully saturated rings. The normalized spacial score (nSPS) is 10.8. The molecule has 0 aliphatic carbocycles. The number of halogens is 2. The first-order chi connectivity index (χ1) is 5.66. The van der Waals surface area contributed by atoms with Crippen molar-refractivity contribution in [2.45, 2.75) is 0 Å². The largest absolute Gasteiger partial charge is 0.441 e. The lowest BCUT2D eigenvalue weighted by Crippen LogP contribution is -1.80. The molecule has 0 bridgehead atoms. The van der Waals surface area contributed by atoms with Crippen LogP contribution in [0.4, 0.5) is 14.7 Å². The maximum atomic E-state index is 12.6. The second-order valence-corrected chi connectivity index (χ2v) is 2.45. The van der Waals surface area contributed by atoms with Gasteiger partial charge in [-0.2, -0.15) is 0 Å². The fourth-order valence-corrected chi connectivity index (χ4v) is 1.05. The number of rotatable bonds is 0. The lowest BCUT2D eigenvalue weighted by atomic mass is 10.2.